The number of rotatable bonds is 4. The summed E-state index contributed by atoms with van der Waals surface area (Å²) in [6.45, 7) is 2.27. The summed E-state index contributed by atoms with van der Waals surface area (Å²) < 4.78 is 0. The second-order valence-electron chi connectivity index (χ2n) is 4.55. The lowest BCUT2D eigenvalue weighted by atomic mass is 10.1. The molecule has 1 unspecified atom stereocenters. The molecule has 0 spiro atoms. The summed E-state index contributed by atoms with van der Waals surface area (Å²) in [5.41, 5.74) is 13.3. The Morgan fingerprint density at radius 3 is 2.88 bits per heavy atom. The number of carbonyl (C=O) groups is 1. The van der Waals surface area contributed by atoms with Crippen molar-refractivity contribution in [3.63, 3.8) is 0 Å². The number of amides is 1. The van der Waals surface area contributed by atoms with Crippen LogP contribution in [0.5, 0.6) is 0 Å². The minimum absolute atomic E-state index is 0.100. The zero-order valence-corrected chi connectivity index (χ0v) is 9.93. The fraction of sp³-hybridized carbons (Fsp3) is 0.462. The molecule has 1 aromatic carbocycles. The van der Waals surface area contributed by atoms with E-state index in [9.17, 15) is 4.79 Å². The van der Waals surface area contributed by atoms with Crippen LogP contribution in [0.15, 0.2) is 24.3 Å². The molecule has 4 nitrogen and oxygen atoms in total. The first-order chi connectivity index (χ1) is 8.20. The SMILES string of the molecule is NCc1cccc(CN2CCCC2C(N)=O)c1. The maximum absolute atomic E-state index is 11.3. The van der Waals surface area contributed by atoms with Gasteiger partial charge in [0, 0.05) is 13.1 Å². The molecule has 0 aromatic heterocycles. The van der Waals surface area contributed by atoms with Crippen LogP contribution in [-0.2, 0) is 17.9 Å². The van der Waals surface area contributed by atoms with E-state index < -0.39 is 0 Å². The highest BCUT2D eigenvalue weighted by Crippen LogP contribution is 2.20. The van der Waals surface area contributed by atoms with E-state index in [1.807, 2.05) is 12.1 Å². The molecule has 0 radical (unpaired) electrons. The zero-order chi connectivity index (χ0) is 12.3. The summed E-state index contributed by atoms with van der Waals surface area (Å²) in [4.78, 5) is 13.4. The highest BCUT2D eigenvalue weighted by Gasteiger charge is 2.28. The highest BCUT2D eigenvalue weighted by molar-refractivity contribution is 5.80. The van der Waals surface area contributed by atoms with E-state index in [1.54, 1.807) is 0 Å². The summed E-state index contributed by atoms with van der Waals surface area (Å²) in [6, 6.07) is 8.08. The van der Waals surface area contributed by atoms with Gasteiger partial charge in [-0.3, -0.25) is 9.69 Å². The number of nitrogens with two attached hydrogens (primary N) is 2. The summed E-state index contributed by atoms with van der Waals surface area (Å²) in [7, 11) is 0. The number of likely N-dealkylation sites (tertiary alicyclic amines) is 1. The van der Waals surface area contributed by atoms with E-state index in [0.29, 0.717) is 6.54 Å². The lowest BCUT2D eigenvalue weighted by Gasteiger charge is -2.21. The number of carbonyl (C=O) groups excluding carboxylic acids is 1. The monoisotopic (exact) mass is 233 g/mol. The third-order valence-corrected chi connectivity index (χ3v) is 3.30. The van der Waals surface area contributed by atoms with Crippen molar-refractivity contribution < 1.29 is 4.79 Å². The molecule has 0 saturated carbocycles. The van der Waals surface area contributed by atoms with E-state index in [0.717, 1.165) is 31.5 Å². The van der Waals surface area contributed by atoms with E-state index >= 15 is 0 Å². The number of hydrogen-bond donors (Lipinski definition) is 2. The molecule has 0 aliphatic carbocycles. The normalized spacial score (nSPS) is 20.6. The predicted octanol–water partition coefficient (Wildman–Crippen LogP) is 0.595. The van der Waals surface area contributed by atoms with Crippen molar-refractivity contribution in [3.05, 3.63) is 35.4 Å². The number of benzene rings is 1. The second kappa shape index (κ2) is 5.29. The Morgan fingerprint density at radius 2 is 2.18 bits per heavy atom. The van der Waals surface area contributed by atoms with E-state index in [4.69, 9.17) is 11.5 Å². The molecule has 92 valence electrons. The third-order valence-electron chi connectivity index (χ3n) is 3.30. The Kier molecular flexibility index (Phi) is 3.76. The minimum Gasteiger partial charge on any atom is -0.368 e. The van der Waals surface area contributed by atoms with Crippen molar-refractivity contribution >= 4 is 5.91 Å². The van der Waals surface area contributed by atoms with Gasteiger partial charge in [0.1, 0.15) is 0 Å². The van der Waals surface area contributed by atoms with Gasteiger partial charge >= 0.3 is 0 Å². The lowest BCUT2D eigenvalue weighted by Crippen LogP contribution is -2.39. The van der Waals surface area contributed by atoms with E-state index in [1.165, 1.54) is 5.56 Å². The molecule has 1 aromatic rings. The van der Waals surface area contributed by atoms with Crippen molar-refractivity contribution in [2.75, 3.05) is 6.54 Å². The zero-order valence-electron chi connectivity index (χ0n) is 9.93. The molecule has 4 N–H and O–H groups in total. The highest BCUT2D eigenvalue weighted by atomic mass is 16.1. The molecule has 1 saturated heterocycles. The Labute approximate surface area is 102 Å². The van der Waals surface area contributed by atoms with Crippen molar-refractivity contribution in [1.82, 2.24) is 4.90 Å². The van der Waals surface area contributed by atoms with Gasteiger partial charge in [-0.1, -0.05) is 24.3 Å². The van der Waals surface area contributed by atoms with Crippen molar-refractivity contribution in [2.24, 2.45) is 11.5 Å². The fourth-order valence-corrected chi connectivity index (χ4v) is 2.43. The molecule has 1 amide bonds. The largest absolute Gasteiger partial charge is 0.368 e. The van der Waals surface area contributed by atoms with Crippen molar-refractivity contribution in [3.8, 4) is 0 Å². The average molecular weight is 233 g/mol. The Balaban J connectivity index is 2.06. The summed E-state index contributed by atoms with van der Waals surface area (Å²) in [5.74, 6) is -0.211. The van der Waals surface area contributed by atoms with Gasteiger partial charge in [-0.2, -0.15) is 0 Å². The number of nitrogens with zero attached hydrogens (tertiary/aromatic N) is 1. The number of primary amides is 1. The van der Waals surface area contributed by atoms with Crippen LogP contribution in [0.2, 0.25) is 0 Å². The molecule has 1 fully saturated rings. The molecule has 4 heteroatoms. The number of hydrogen-bond acceptors (Lipinski definition) is 3. The molecule has 2 rings (SSSR count). The van der Waals surface area contributed by atoms with E-state index in [2.05, 4.69) is 17.0 Å². The lowest BCUT2D eigenvalue weighted by molar-refractivity contribution is -0.122. The Morgan fingerprint density at radius 1 is 1.41 bits per heavy atom. The third kappa shape index (κ3) is 2.84. The summed E-state index contributed by atoms with van der Waals surface area (Å²) >= 11 is 0. The summed E-state index contributed by atoms with van der Waals surface area (Å²) in [6.07, 6.45) is 1.93. The molecular formula is C13H19N3O. The second-order valence-corrected chi connectivity index (χ2v) is 4.55. The fourth-order valence-electron chi connectivity index (χ4n) is 2.43. The topological polar surface area (TPSA) is 72.3 Å². The molecular weight excluding hydrogens is 214 g/mol. The van der Waals surface area contributed by atoms with Crippen molar-refractivity contribution in [1.29, 1.82) is 0 Å². The maximum Gasteiger partial charge on any atom is 0.234 e. The molecule has 1 atom stereocenters. The van der Waals surface area contributed by atoms with Crippen LogP contribution in [-0.4, -0.2) is 23.4 Å². The average Bonchev–Trinajstić information content (AvgIpc) is 2.77. The van der Waals surface area contributed by atoms with Gasteiger partial charge in [0.2, 0.25) is 5.91 Å². The molecule has 1 aliphatic rings. The van der Waals surface area contributed by atoms with Crippen LogP contribution in [0.25, 0.3) is 0 Å². The summed E-state index contributed by atoms with van der Waals surface area (Å²) in [5, 5.41) is 0. The van der Waals surface area contributed by atoms with Crippen LogP contribution in [0.1, 0.15) is 24.0 Å². The Hall–Kier alpha value is -1.39. The van der Waals surface area contributed by atoms with Gasteiger partial charge in [0.25, 0.3) is 0 Å². The minimum atomic E-state index is -0.211. The maximum atomic E-state index is 11.3. The van der Waals surface area contributed by atoms with Gasteiger partial charge in [-0.15, -0.1) is 0 Å². The quantitative estimate of drug-likeness (QED) is 0.799. The van der Waals surface area contributed by atoms with Crippen LogP contribution in [0.3, 0.4) is 0 Å². The Bertz CT molecular complexity index is 405. The van der Waals surface area contributed by atoms with Crippen LogP contribution in [0.4, 0.5) is 0 Å². The van der Waals surface area contributed by atoms with E-state index in [-0.39, 0.29) is 11.9 Å². The smallest absolute Gasteiger partial charge is 0.234 e. The molecule has 0 bridgehead atoms. The standard InChI is InChI=1S/C13H19N3O/c14-8-10-3-1-4-11(7-10)9-16-6-2-5-12(16)13(15)17/h1,3-4,7,12H,2,5-6,8-9,14H2,(H2,15,17). The van der Waals surface area contributed by atoms with Gasteiger partial charge < -0.3 is 11.5 Å². The first-order valence-electron chi connectivity index (χ1n) is 6.02. The molecule has 1 heterocycles. The van der Waals surface area contributed by atoms with Crippen molar-refractivity contribution in [2.45, 2.75) is 32.0 Å². The van der Waals surface area contributed by atoms with Crippen LogP contribution in [0, 0.1) is 0 Å². The van der Waals surface area contributed by atoms with Gasteiger partial charge in [0.05, 0.1) is 6.04 Å². The van der Waals surface area contributed by atoms with Crippen LogP contribution >= 0.6 is 0 Å². The van der Waals surface area contributed by atoms with Gasteiger partial charge in [-0.25, -0.2) is 0 Å². The molecule has 1 aliphatic heterocycles. The predicted molar refractivity (Wildman–Crippen MR) is 67.0 cm³/mol. The van der Waals surface area contributed by atoms with Gasteiger partial charge in [-0.05, 0) is 30.5 Å². The van der Waals surface area contributed by atoms with Gasteiger partial charge in [0.15, 0.2) is 0 Å². The molecule has 17 heavy (non-hydrogen) atoms. The first-order valence-corrected chi connectivity index (χ1v) is 6.02. The van der Waals surface area contributed by atoms with Crippen LogP contribution < -0.4 is 11.5 Å². The first kappa shape index (κ1) is 12.1.